The van der Waals surface area contributed by atoms with Crippen molar-refractivity contribution in [2.45, 2.75) is 51.3 Å². The van der Waals surface area contributed by atoms with E-state index >= 15 is 0 Å². The van der Waals surface area contributed by atoms with Gasteiger partial charge in [-0.3, -0.25) is 4.79 Å². The number of nitrogens with one attached hydrogen (secondary N) is 1. The molecule has 0 aliphatic heterocycles. The molecule has 1 aliphatic carbocycles. The van der Waals surface area contributed by atoms with Crippen LogP contribution in [0.15, 0.2) is 4.52 Å². The highest BCUT2D eigenvalue weighted by atomic mass is 16.5. The van der Waals surface area contributed by atoms with Crippen LogP contribution in [0.2, 0.25) is 0 Å². The first-order valence-corrected chi connectivity index (χ1v) is 6.98. The van der Waals surface area contributed by atoms with Gasteiger partial charge in [0.25, 0.3) is 0 Å². The van der Waals surface area contributed by atoms with Crippen molar-refractivity contribution in [2.24, 2.45) is 11.7 Å². The van der Waals surface area contributed by atoms with Crippen molar-refractivity contribution in [2.75, 3.05) is 7.11 Å². The summed E-state index contributed by atoms with van der Waals surface area (Å²) in [6.45, 7) is 2.26. The number of hydrogen-bond donors (Lipinski definition) is 2. The highest BCUT2D eigenvalue weighted by Gasteiger charge is 2.31. The Morgan fingerprint density at radius 3 is 3.00 bits per heavy atom. The van der Waals surface area contributed by atoms with Crippen molar-refractivity contribution in [3.8, 4) is 0 Å². The maximum atomic E-state index is 11.5. The van der Waals surface area contributed by atoms with E-state index in [1.165, 1.54) is 0 Å². The number of carbonyl (C=O) groups excluding carboxylic acids is 1. The molecule has 0 saturated heterocycles. The van der Waals surface area contributed by atoms with E-state index in [9.17, 15) is 4.79 Å². The number of carbonyl (C=O) groups is 1. The Morgan fingerprint density at radius 1 is 1.55 bits per heavy atom. The van der Waals surface area contributed by atoms with Crippen LogP contribution in [-0.2, 0) is 16.1 Å². The maximum Gasteiger partial charge on any atom is 0.243 e. The van der Waals surface area contributed by atoms with E-state index in [1.807, 2.05) is 6.92 Å². The second-order valence-corrected chi connectivity index (χ2v) is 5.27. The number of amides is 1. The van der Waals surface area contributed by atoms with E-state index in [-0.39, 0.29) is 23.9 Å². The van der Waals surface area contributed by atoms with Gasteiger partial charge in [0.2, 0.25) is 11.8 Å². The Balaban J connectivity index is 1.97. The van der Waals surface area contributed by atoms with Gasteiger partial charge in [-0.15, -0.1) is 0 Å². The van der Waals surface area contributed by atoms with Crippen molar-refractivity contribution >= 4 is 5.91 Å². The number of primary amides is 1. The molecule has 0 aromatic carbocycles. The molecule has 3 N–H and O–H groups in total. The number of rotatable bonds is 6. The van der Waals surface area contributed by atoms with Crippen molar-refractivity contribution in [1.82, 2.24) is 15.5 Å². The molecule has 1 fully saturated rings. The summed E-state index contributed by atoms with van der Waals surface area (Å²) >= 11 is 0. The van der Waals surface area contributed by atoms with Gasteiger partial charge in [0.15, 0.2) is 5.82 Å². The molecule has 1 aliphatic rings. The number of hydrogen-bond acceptors (Lipinski definition) is 6. The minimum atomic E-state index is -0.236. The predicted octanol–water partition coefficient (Wildman–Crippen LogP) is 0.911. The van der Waals surface area contributed by atoms with E-state index < -0.39 is 0 Å². The average molecular weight is 282 g/mol. The first-order chi connectivity index (χ1) is 9.61. The van der Waals surface area contributed by atoms with Gasteiger partial charge >= 0.3 is 0 Å². The van der Waals surface area contributed by atoms with Crippen molar-refractivity contribution in [1.29, 1.82) is 0 Å². The first-order valence-electron chi connectivity index (χ1n) is 6.98. The van der Waals surface area contributed by atoms with E-state index in [1.54, 1.807) is 7.11 Å². The lowest BCUT2D eigenvalue weighted by molar-refractivity contribution is -0.123. The van der Waals surface area contributed by atoms with Crippen LogP contribution in [0, 0.1) is 5.92 Å². The summed E-state index contributed by atoms with van der Waals surface area (Å²) in [7, 11) is 1.58. The van der Waals surface area contributed by atoms with Crippen LogP contribution in [0.5, 0.6) is 0 Å². The molecular formula is C13H22N4O3. The number of aromatic nitrogens is 2. The summed E-state index contributed by atoms with van der Waals surface area (Å²) in [5.41, 5.74) is 5.47. The highest BCUT2D eigenvalue weighted by Crippen LogP contribution is 2.26. The Labute approximate surface area is 118 Å². The van der Waals surface area contributed by atoms with Crippen LogP contribution in [0.1, 0.15) is 50.4 Å². The van der Waals surface area contributed by atoms with Crippen LogP contribution in [0.25, 0.3) is 0 Å². The maximum absolute atomic E-state index is 11.5. The Bertz CT molecular complexity index is 449. The van der Waals surface area contributed by atoms with E-state index in [0.29, 0.717) is 18.3 Å². The van der Waals surface area contributed by atoms with Gasteiger partial charge in [-0.05, 0) is 19.8 Å². The summed E-state index contributed by atoms with van der Waals surface area (Å²) in [5, 5.41) is 7.22. The second-order valence-electron chi connectivity index (χ2n) is 5.27. The Hall–Kier alpha value is -1.47. The van der Waals surface area contributed by atoms with E-state index in [0.717, 1.165) is 25.7 Å². The van der Waals surface area contributed by atoms with Crippen molar-refractivity contribution in [3.05, 3.63) is 11.7 Å². The van der Waals surface area contributed by atoms with Crippen LogP contribution in [0.3, 0.4) is 0 Å². The lowest BCUT2D eigenvalue weighted by atomic mass is 9.83. The van der Waals surface area contributed by atoms with Gasteiger partial charge in [-0.25, -0.2) is 0 Å². The molecule has 1 heterocycles. The van der Waals surface area contributed by atoms with Gasteiger partial charge in [0.1, 0.15) is 6.61 Å². The molecule has 7 nitrogen and oxygen atoms in total. The lowest BCUT2D eigenvalue weighted by Crippen LogP contribution is -2.45. The molecule has 20 heavy (non-hydrogen) atoms. The minimum Gasteiger partial charge on any atom is -0.377 e. The van der Waals surface area contributed by atoms with Crippen LogP contribution in [-0.4, -0.2) is 29.2 Å². The fourth-order valence-corrected chi connectivity index (χ4v) is 2.69. The zero-order chi connectivity index (χ0) is 14.5. The summed E-state index contributed by atoms with van der Waals surface area (Å²) in [4.78, 5) is 15.7. The molecule has 2 rings (SSSR count). The van der Waals surface area contributed by atoms with Gasteiger partial charge in [-0.2, -0.15) is 4.98 Å². The number of nitrogens with two attached hydrogens (primary N) is 1. The third-order valence-electron chi connectivity index (χ3n) is 3.72. The van der Waals surface area contributed by atoms with Crippen molar-refractivity contribution < 1.29 is 14.1 Å². The van der Waals surface area contributed by atoms with Gasteiger partial charge in [0, 0.05) is 13.2 Å². The zero-order valence-electron chi connectivity index (χ0n) is 12.0. The summed E-state index contributed by atoms with van der Waals surface area (Å²) in [6.07, 6.45) is 3.95. The van der Waals surface area contributed by atoms with Gasteiger partial charge in [-0.1, -0.05) is 18.0 Å². The third kappa shape index (κ3) is 3.55. The molecule has 3 atom stereocenters. The van der Waals surface area contributed by atoms with E-state index in [2.05, 4.69) is 15.5 Å². The standard InChI is InChI=1S/C13H22N4O3/c1-8(13-16-11(7-19-2)17-20-13)15-10-6-4-3-5-9(10)12(14)18/h8-10,15H,3-7H2,1-2H3,(H2,14,18)/t8-,9+,10+/m0/s1. The molecule has 0 radical (unpaired) electrons. The molecule has 1 saturated carbocycles. The molecule has 0 bridgehead atoms. The molecule has 1 aromatic rings. The van der Waals surface area contributed by atoms with E-state index in [4.69, 9.17) is 15.0 Å². The van der Waals surface area contributed by atoms with Crippen LogP contribution in [0.4, 0.5) is 0 Å². The second kappa shape index (κ2) is 6.81. The first kappa shape index (κ1) is 14.9. The predicted molar refractivity (Wildman–Crippen MR) is 71.5 cm³/mol. The fraction of sp³-hybridized carbons (Fsp3) is 0.769. The molecule has 1 amide bonds. The van der Waals surface area contributed by atoms with Crippen LogP contribution >= 0.6 is 0 Å². The molecule has 112 valence electrons. The Kier molecular flexibility index (Phi) is 5.08. The SMILES string of the molecule is COCc1noc([C@H](C)N[C@@H]2CCCC[C@H]2C(N)=O)n1. The largest absolute Gasteiger partial charge is 0.377 e. The van der Waals surface area contributed by atoms with Gasteiger partial charge < -0.3 is 20.3 Å². The molecule has 1 aromatic heterocycles. The monoisotopic (exact) mass is 282 g/mol. The average Bonchev–Trinajstić information content (AvgIpc) is 2.88. The van der Waals surface area contributed by atoms with Gasteiger partial charge in [0.05, 0.1) is 12.0 Å². The summed E-state index contributed by atoms with van der Waals surface area (Å²) in [6, 6.07) is -0.0351. The topological polar surface area (TPSA) is 103 Å². The number of methoxy groups -OCH3 is 1. The minimum absolute atomic E-state index is 0.0778. The molecule has 0 unspecified atom stereocenters. The zero-order valence-corrected chi connectivity index (χ0v) is 12.0. The summed E-state index contributed by atoms with van der Waals surface area (Å²) < 4.78 is 10.1. The van der Waals surface area contributed by atoms with Crippen molar-refractivity contribution in [3.63, 3.8) is 0 Å². The smallest absolute Gasteiger partial charge is 0.243 e. The quantitative estimate of drug-likeness (QED) is 0.804. The molecule has 7 heteroatoms. The normalized spacial score (nSPS) is 24.5. The molecular weight excluding hydrogens is 260 g/mol. The Morgan fingerprint density at radius 2 is 2.30 bits per heavy atom. The van der Waals surface area contributed by atoms with Crippen LogP contribution < -0.4 is 11.1 Å². The third-order valence-corrected chi connectivity index (χ3v) is 3.72. The highest BCUT2D eigenvalue weighted by molar-refractivity contribution is 5.77. The number of ether oxygens (including phenoxy) is 1. The molecule has 0 spiro atoms. The fourth-order valence-electron chi connectivity index (χ4n) is 2.69. The summed E-state index contributed by atoms with van der Waals surface area (Å²) in [5.74, 6) is 0.671. The number of nitrogens with zero attached hydrogens (tertiary/aromatic N) is 2. The lowest BCUT2D eigenvalue weighted by Gasteiger charge is -2.31.